The smallest absolute Gasteiger partial charge is 0.305 e. The molecule has 0 spiro atoms. The Morgan fingerprint density at radius 2 is 1.00 bits per heavy atom. The Bertz CT molecular complexity index is 347. The molecule has 0 saturated heterocycles. The molecule has 0 unspecified atom stereocenters. The standard InChI is InChI=1S/C18H34O8/c1-3-17(9-19,10-20)13-25-15(23)7-5-6-8-16(24)26-14-18(4-2,11-21)12-22/h19-22H,3-14H2,1-2H3. The topological polar surface area (TPSA) is 134 Å². The first-order valence-electron chi connectivity index (χ1n) is 9.11. The zero-order chi connectivity index (χ0) is 20.1. The highest BCUT2D eigenvalue weighted by Gasteiger charge is 2.29. The normalized spacial score (nSPS) is 12.1. The van der Waals surface area contributed by atoms with Crippen LogP contribution in [0.15, 0.2) is 0 Å². The zero-order valence-corrected chi connectivity index (χ0v) is 15.9. The van der Waals surface area contributed by atoms with E-state index in [1.165, 1.54) is 0 Å². The van der Waals surface area contributed by atoms with E-state index in [1.54, 1.807) is 13.8 Å². The third-order valence-corrected chi connectivity index (χ3v) is 4.93. The van der Waals surface area contributed by atoms with Crippen molar-refractivity contribution < 1.29 is 39.5 Å². The summed E-state index contributed by atoms with van der Waals surface area (Å²) in [5.74, 6) is -0.882. The van der Waals surface area contributed by atoms with Crippen LogP contribution in [0.5, 0.6) is 0 Å². The van der Waals surface area contributed by atoms with Crippen molar-refractivity contribution in [2.24, 2.45) is 10.8 Å². The molecule has 26 heavy (non-hydrogen) atoms. The van der Waals surface area contributed by atoms with Crippen molar-refractivity contribution in [1.82, 2.24) is 0 Å². The van der Waals surface area contributed by atoms with Gasteiger partial charge in [-0.1, -0.05) is 13.8 Å². The summed E-state index contributed by atoms with van der Waals surface area (Å²) >= 11 is 0. The summed E-state index contributed by atoms with van der Waals surface area (Å²) in [5, 5.41) is 37.2. The van der Waals surface area contributed by atoms with Gasteiger partial charge in [0.25, 0.3) is 0 Å². The number of carbonyl (C=O) groups is 2. The predicted molar refractivity (Wildman–Crippen MR) is 94.2 cm³/mol. The fourth-order valence-electron chi connectivity index (χ4n) is 2.08. The number of rotatable bonds is 15. The molecular formula is C18H34O8. The molecule has 0 rings (SSSR count). The number of hydrogen-bond acceptors (Lipinski definition) is 8. The minimum atomic E-state index is -0.815. The van der Waals surface area contributed by atoms with Gasteiger partial charge in [0, 0.05) is 12.8 Å². The van der Waals surface area contributed by atoms with Gasteiger partial charge >= 0.3 is 11.9 Å². The molecule has 0 aromatic rings. The van der Waals surface area contributed by atoms with Gasteiger partial charge in [0.1, 0.15) is 13.2 Å². The first-order valence-corrected chi connectivity index (χ1v) is 9.11. The molecule has 0 aromatic heterocycles. The summed E-state index contributed by atoms with van der Waals surface area (Å²) < 4.78 is 10.2. The second kappa shape index (κ2) is 13.0. The van der Waals surface area contributed by atoms with E-state index >= 15 is 0 Å². The minimum Gasteiger partial charge on any atom is -0.465 e. The lowest BCUT2D eigenvalue weighted by atomic mass is 9.88. The molecular weight excluding hydrogens is 344 g/mol. The zero-order valence-electron chi connectivity index (χ0n) is 15.9. The first kappa shape index (κ1) is 24.8. The van der Waals surface area contributed by atoms with Crippen LogP contribution < -0.4 is 0 Å². The summed E-state index contributed by atoms with van der Waals surface area (Å²) in [6, 6.07) is 0. The highest BCUT2D eigenvalue weighted by atomic mass is 16.5. The Hall–Kier alpha value is -1.22. The maximum atomic E-state index is 11.7. The molecule has 8 nitrogen and oxygen atoms in total. The summed E-state index contributed by atoms with van der Waals surface area (Å²) in [4.78, 5) is 23.4. The third kappa shape index (κ3) is 8.44. The lowest BCUT2D eigenvalue weighted by molar-refractivity contribution is -0.152. The summed E-state index contributed by atoms with van der Waals surface area (Å²) in [5.41, 5.74) is -1.63. The molecule has 4 N–H and O–H groups in total. The molecule has 0 amide bonds. The largest absolute Gasteiger partial charge is 0.465 e. The van der Waals surface area contributed by atoms with Crippen LogP contribution in [0.2, 0.25) is 0 Å². The molecule has 0 heterocycles. The molecule has 154 valence electrons. The van der Waals surface area contributed by atoms with Crippen molar-refractivity contribution in [2.45, 2.75) is 52.4 Å². The van der Waals surface area contributed by atoms with Crippen molar-refractivity contribution >= 4 is 11.9 Å². The maximum absolute atomic E-state index is 11.7. The van der Waals surface area contributed by atoms with Gasteiger partial charge in [-0.05, 0) is 25.7 Å². The number of esters is 2. The van der Waals surface area contributed by atoms with E-state index in [4.69, 9.17) is 9.47 Å². The third-order valence-electron chi connectivity index (χ3n) is 4.93. The fraction of sp³-hybridized carbons (Fsp3) is 0.889. The summed E-state index contributed by atoms with van der Waals surface area (Å²) in [6.45, 7) is 2.46. The van der Waals surface area contributed by atoms with E-state index in [2.05, 4.69) is 0 Å². The molecule has 0 bridgehead atoms. The van der Waals surface area contributed by atoms with Crippen LogP contribution in [0.4, 0.5) is 0 Å². The highest BCUT2D eigenvalue weighted by Crippen LogP contribution is 2.22. The van der Waals surface area contributed by atoms with E-state index in [-0.39, 0.29) is 52.5 Å². The van der Waals surface area contributed by atoms with Crippen molar-refractivity contribution in [3.05, 3.63) is 0 Å². The second-order valence-corrected chi connectivity index (χ2v) is 6.87. The predicted octanol–water partition coefficient (Wildman–Crippen LogP) is 0.395. The van der Waals surface area contributed by atoms with Crippen molar-refractivity contribution in [3.8, 4) is 0 Å². The molecule has 0 fully saturated rings. The SMILES string of the molecule is CCC(CO)(CO)COC(=O)CCCCC(=O)OCC(CC)(CO)CO. The molecule has 0 radical (unpaired) electrons. The maximum Gasteiger partial charge on any atom is 0.305 e. The molecule has 8 heteroatoms. The minimum absolute atomic E-state index is 0.0429. The monoisotopic (exact) mass is 378 g/mol. The fourth-order valence-corrected chi connectivity index (χ4v) is 2.08. The van der Waals surface area contributed by atoms with Crippen LogP contribution in [-0.2, 0) is 19.1 Å². The molecule has 0 atom stereocenters. The Morgan fingerprint density at radius 3 is 1.23 bits per heavy atom. The Kier molecular flexibility index (Phi) is 12.4. The molecule has 0 saturated carbocycles. The van der Waals surface area contributed by atoms with Gasteiger partial charge in [0.2, 0.25) is 0 Å². The van der Waals surface area contributed by atoms with Gasteiger partial charge in [0.05, 0.1) is 37.3 Å². The highest BCUT2D eigenvalue weighted by molar-refractivity contribution is 5.70. The lowest BCUT2D eigenvalue weighted by Crippen LogP contribution is -2.35. The number of carbonyl (C=O) groups excluding carboxylic acids is 2. The van der Waals surface area contributed by atoms with Crippen LogP contribution in [0.3, 0.4) is 0 Å². The summed E-state index contributed by atoms with van der Waals surface area (Å²) in [6.07, 6.45) is 2.14. The Balaban J connectivity index is 4.01. The quantitative estimate of drug-likeness (QED) is 0.238. The first-order chi connectivity index (χ1) is 12.4. The van der Waals surface area contributed by atoms with E-state index in [9.17, 15) is 30.0 Å². The number of aliphatic hydroxyl groups is 4. The van der Waals surface area contributed by atoms with Crippen molar-refractivity contribution in [2.75, 3.05) is 39.6 Å². The molecule has 0 aliphatic carbocycles. The van der Waals surface area contributed by atoms with Crippen molar-refractivity contribution in [3.63, 3.8) is 0 Å². The number of ether oxygens (including phenoxy) is 2. The van der Waals surface area contributed by atoms with E-state index < -0.39 is 22.8 Å². The Morgan fingerprint density at radius 1 is 0.692 bits per heavy atom. The van der Waals surface area contributed by atoms with E-state index in [0.717, 1.165) is 0 Å². The van der Waals surface area contributed by atoms with E-state index in [0.29, 0.717) is 25.7 Å². The molecule has 0 aliphatic rings. The van der Waals surface area contributed by atoms with Gasteiger partial charge in [0.15, 0.2) is 0 Å². The van der Waals surface area contributed by atoms with Crippen LogP contribution in [0, 0.1) is 10.8 Å². The lowest BCUT2D eigenvalue weighted by Gasteiger charge is -2.27. The van der Waals surface area contributed by atoms with Crippen LogP contribution >= 0.6 is 0 Å². The summed E-state index contributed by atoms with van der Waals surface area (Å²) in [7, 11) is 0. The van der Waals surface area contributed by atoms with Gasteiger partial charge < -0.3 is 29.9 Å². The number of aliphatic hydroxyl groups excluding tert-OH is 4. The molecule has 0 aliphatic heterocycles. The van der Waals surface area contributed by atoms with Gasteiger partial charge in [-0.2, -0.15) is 0 Å². The average molecular weight is 378 g/mol. The Labute approximate surface area is 155 Å². The van der Waals surface area contributed by atoms with Crippen LogP contribution in [-0.4, -0.2) is 72.0 Å². The number of unbranched alkanes of at least 4 members (excludes halogenated alkanes) is 1. The van der Waals surface area contributed by atoms with Crippen LogP contribution in [0.1, 0.15) is 52.4 Å². The second-order valence-electron chi connectivity index (χ2n) is 6.87. The van der Waals surface area contributed by atoms with Crippen molar-refractivity contribution in [1.29, 1.82) is 0 Å². The van der Waals surface area contributed by atoms with Gasteiger partial charge in [-0.3, -0.25) is 9.59 Å². The average Bonchev–Trinajstić information content (AvgIpc) is 2.68. The van der Waals surface area contributed by atoms with Crippen LogP contribution in [0.25, 0.3) is 0 Å². The van der Waals surface area contributed by atoms with E-state index in [1.807, 2.05) is 0 Å². The molecule has 0 aromatic carbocycles. The van der Waals surface area contributed by atoms with Gasteiger partial charge in [-0.25, -0.2) is 0 Å². The van der Waals surface area contributed by atoms with Gasteiger partial charge in [-0.15, -0.1) is 0 Å². The number of hydrogen-bond donors (Lipinski definition) is 4.